The molecule has 2 aliphatic rings. The van der Waals surface area contributed by atoms with Gasteiger partial charge in [-0.2, -0.15) is 0 Å². The van der Waals surface area contributed by atoms with Crippen LogP contribution in [-0.2, 0) is 4.74 Å². The van der Waals surface area contributed by atoms with Gasteiger partial charge in [0.05, 0.1) is 19.3 Å². The lowest BCUT2D eigenvalue weighted by molar-refractivity contribution is -0.158. The summed E-state index contributed by atoms with van der Waals surface area (Å²) in [6, 6.07) is 0. The zero-order valence-electron chi connectivity index (χ0n) is 8.46. The Kier molecular flexibility index (Phi) is 2.61. The Bertz CT molecular complexity index is 161. The number of rotatable bonds is 2. The van der Waals surface area contributed by atoms with Crippen LogP contribution in [0.5, 0.6) is 0 Å². The molecule has 0 aromatic heterocycles. The van der Waals surface area contributed by atoms with Crippen LogP contribution in [0.4, 0.5) is 0 Å². The Balaban J connectivity index is 1.92. The van der Waals surface area contributed by atoms with Crippen LogP contribution in [0.25, 0.3) is 0 Å². The van der Waals surface area contributed by atoms with E-state index in [1.165, 1.54) is 19.3 Å². The molecule has 2 nitrogen and oxygen atoms in total. The van der Waals surface area contributed by atoms with Gasteiger partial charge in [-0.25, -0.2) is 0 Å². The summed E-state index contributed by atoms with van der Waals surface area (Å²) in [6.45, 7) is 4.20. The Morgan fingerprint density at radius 3 is 2.23 bits per heavy atom. The van der Waals surface area contributed by atoms with Crippen LogP contribution in [0.15, 0.2) is 0 Å². The smallest absolute Gasteiger partial charge is 0.0547 e. The first kappa shape index (κ1) is 9.47. The van der Waals surface area contributed by atoms with Crippen molar-refractivity contribution < 1.29 is 9.84 Å². The Morgan fingerprint density at radius 1 is 1.23 bits per heavy atom. The summed E-state index contributed by atoms with van der Waals surface area (Å²) < 4.78 is 5.35. The predicted octanol–water partition coefficient (Wildman–Crippen LogP) is 1.96. The predicted molar refractivity (Wildman–Crippen MR) is 51.5 cm³/mol. The second-order valence-corrected chi connectivity index (χ2v) is 4.71. The van der Waals surface area contributed by atoms with Crippen LogP contribution in [0, 0.1) is 11.3 Å². The molecule has 0 unspecified atom stereocenters. The van der Waals surface area contributed by atoms with Crippen molar-refractivity contribution in [3.63, 3.8) is 0 Å². The van der Waals surface area contributed by atoms with Crippen molar-refractivity contribution >= 4 is 0 Å². The minimum atomic E-state index is -0.0221. The Labute approximate surface area is 80.3 Å². The molecule has 1 N–H and O–H groups in total. The lowest BCUT2D eigenvalue weighted by Gasteiger charge is -2.48. The standard InChI is InChI=1S/C11H20O2/c1-2-11(7-13-8-11)9-3-5-10(12)6-4-9/h9-10,12H,2-8H2,1H3. The summed E-state index contributed by atoms with van der Waals surface area (Å²) in [6.07, 6.45) is 5.65. The highest BCUT2D eigenvalue weighted by molar-refractivity contribution is 4.92. The maximum atomic E-state index is 9.42. The lowest BCUT2D eigenvalue weighted by atomic mass is 9.65. The Morgan fingerprint density at radius 2 is 1.85 bits per heavy atom. The second-order valence-electron chi connectivity index (χ2n) is 4.71. The molecular weight excluding hydrogens is 164 g/mol. The maximum Gasteiger partial charge on any atom is 0.0547 e. The van der Waals surface area contributed by atoms with Crippen LogP contribution in [0.1, 0.15) is 39.0 Å². The summed E-state index contributed by atoms with van der Waals surface area (Å²) in [5.41, 5.74) is 0.486. The van der Waals surface area contributed by atoms with Gasteiger partial charge in [0, 0.05) is 5.41 Å². The zero-order valence-corrected chi connectivity index (χ0v) is 8.46. The van der Waals surface area contributed by atoms with E-state index in [-0.39, 0.29) is 6.10 Å². The lowest BCUT2D eigenvalue weighted by Crippen LogP contribution is -2.49. The highest BCUT2D eigenvalue weighted by atomic mass is 16.5. The van der Waals surface area contributed by atoms with Gasteiger partial charge >= 0.3 is 0 Å². The molecular formula is C11H20O2. The number of hydrogen-bond donors (Lipinski definition) is 1. The van der Waals surface area contributed by atoms with Crippen molar-refractivity contribution in [1.29, 1.82) is 0 Å². The summed E-state index contributed by atoms with van der Waals surface area (Å²) in [7, 11) is 0. The molecule has 1 aliphatic carbocycles. The van der Waals surface area contributed by atoms with Gasteiger partial charge in [-0.3, -0.25) is 0 Å². The third-order valence-corrected chi connectivity index (χ3v) is 4.05. The van der Waals surface area contributed by atoms with Crippen LogP contribution < -0.4 is 0 Å². The fourth-order valence-corrected chi connectivity index (χ4v) is 2.78. The maximum absolute atomic E-state index is 9.42. The number of hydrogen-bond acceptors (Lipinski definition) is 2. The molecule has 0 atom stereocenters. The van der Waals surface area contributed by atoms with Crippen LogP contribution in [0.3, 0.4) is 0 Å². The van der Waals surface area contributed by atoms with E-state index in [9.17, 15) is 5.11 Å². The quantitative estimate of drug-likeness (QED) is 0.711. The minimum absolute atomic E-state index is 0.0221. The van der Waals surface area contributed by atoms with E-state index in [1.807, 2.05) is 0 Å². The molecule has 1 saturated heterocycles. The molecule has 13 heavy (non-hydrogen) atoms. The van der Waals surface area contributed by atoms with Crippen LogP contribution in [0.2, 0.25) is 0 Å². The van der Waals surface area contributed by atoms with E-state index in [1.54, 1.807) is 0 Å². The molecule has 1 aliphatic heterocycles. The SMILES string of the molecule is CCC1(C2CCC(O)CC2)COC1. The van der Waals surface area contributed by atoms with Crippen molar-refractivity contribution in [3.05, 3.63) is 0 Å². The summed E-state index contributed by atoms with van der Waals surface area (Å²) in [5.74, 6) is 0.814. The first-order valence-corrected chi connectivity index (χ1v) is 5.52. The first-order valence-electron chi connectivity index (χ1n) is 5.52. The summed E-state index contributed by atoms with van der Waals surface area (Å²) in [4.78, 5) is 0. The molecule has 0 radical (unpaired) electrons. The van der Waals surface area contributed by atoms with Gasteiger partial charge in [-0.15, -0.1) is 0 Å². The van der Waals surface area contributed by atoms with Gasteiger partial charge < -0.3 is 9.84 Å². The normalized spacial score (nSPS) is 38.3. The molecule has 2 heteroatoms. The van der Waals surface area contributed by atoms with Gasteiger partial charge in [-0.1, -0.05) is 6.92 Å². The molecule has 76 valence electrons. The number of ether oxygens (including phenoxy) is 1. The van der Waals surface area contributed by atoms with E-state index >= 15 is 0 Å². The van der Waals surface area contributed by atoms with Crippen molar-refractivity contribution in [2.75, 3.05) is 13.2 Å². The van der Waals surface area contributed by atoms with Crippen molar-refractivity contribution in [3.8, 4) is 0 Å². The van der Waals surface area contributed by atoms with Crippen molar-refractivity contribution in [1.82, 2.24) is 0 Å². The zero-order chi connectivity index (χ0) is 9.31. The molecule has 0 bridgehead atoms. The van der Waals surface area contributed by atoms with Gasteiger partial charge in [0.15, 0.2) is 0 Å². The largest absolute Gasteiger partial charge is 0.393 e. The molecule has 1 saturated carbocycles. The molecule has 0 spiro atoms. The molecule has 0 aromatic carbocycles. The summed E-state index contributed by atoms with van der Waals surface area (Å²) >= 11 is 0. The van der Waals surface area contributed by atoms with Crippen molar-refractivity contribution in [2.24, 2.45) is 11.3 Å². The van der Waals surface area contributed by atoms with Gasteiger partial charge in [0.2, 0.25) is 0 Å². The van der Waals surface area contributed by atoms with E-state index in [0.717, 1.165) is 32.0 Å². The monoisotopic (exact) mass is 184 g/mol. The third-order valence-electron chi connectivity index (χ3n) is 4.05. The van der Waals surface area contributed by atoms with E-state index in [0.29, 0.717) is 5.41 Å². The minimum Gasteiger partial charge on any atom is -0.393 e. The van der Waals surface area contributed by atoms with E-state index in [4.69, 9.17) is 4.74 Å². The van der Waals surface area contributed by atoms with E-state index in [2.05, 4.69) is 6.92 Å². The topological polar surface area (TPSA) is 29.5 Å². The van der Waals surface area contributed by atoms with Gasteiger partial charge in [0.1, 0.15) is 0 Å². The Hall–Kier alpha value is -0.0800. The van der Waals surface area contributed by atoms with Gasteiger partial charge in [0.25, 0.3) is 0 Å². The van der Waals surface area contributed by atoms with Crippen LogP contribution in [-0.4, -0.2) is 24.4 Å². The van der Waals surface area contributed by atoms with E-state index < -0.39 is 0 Å². The number of aliphatic hydroxyl groups excluding tert-OH is 1. The van der Waals surface area contributed by atoms with Crippen LogP contribution >= 0.6 is 0 Å². The number of aliphatic hydroxyl groups is 1. The fraction of sp³-hybridized carbons (Fsp3) is 1.00. The average molecular weight is 184 g/mol. The average Bonchev–Trinajstić information content (AvgIpc) is 2.07. The molecule has 2 fully saturated rings. The molecule has 1 heterocycles. The highest BCUT2D eigenvalue weighted by Gasteiger charge is 2.44. The third kappa shape index (κ3) is 1.62. The second kappa shape index (κ2) is 3.58. The fourth-order valence-electron chi connectivity index (χ4n) is 2.78. The highest BCUT2D eigenvalue weighted by Crippen LogP contribution is 2.45. The first-order chi connectivity index (χ1) is 6.27. The van der Waals surface area contributed by atoms with Crippen molar-refractivity contribution in [2.45, 2.75) is 45.1 Å². The summed E-state index contributed by atoms with van der Waals surface area (Å²) in [5, 5.41) is 9.42. The molecule has 2 rings (SSSR count). The molecule has 0 aromatic rings. The van der Waals surface area contributed by atoms with Gasteiger partial charge in [-0.05, 0) is 38.0 Å². The molecule has 0 amide bonds.